The van der Waals surface area contributed by atoms with E-state index in [-0.39, 0.29) is 25.0 Å². The van der Waals surface area contributed by atoms with Crippen molar-refractivity contribution in [2.24, 2.45) is 5.92 Å². The molecule has 6 heteroatoms. The van der Waals surface area contributed by atoms with Crippen molar-refractivity contribution in [1.82, 2.24) is 10.2 Å². The van der Waals surface area contributed by atoms with Gasteiger partial charge < -0.3 is 15.0 Å². The first-order chi connectivity index (χ1) is 12.6. The average Bonchev–Trinajstić information content (AvgIpc) is 2.70. The lowest BCUT2D eigenvalue weighted by molar-refractivity contribution is -0.154. The number of nitrogens with zero attached hydrogens (tertiary/aromatic N) is 1. The van der Waals surface area contributed by atoms with E-state index in [0.29, 0.717) is 17.5 Å². The van der Waals surface area contributed by atoms with Crippen LogP contribution < -0.4 is 5.32 Å². The Morgan fingerprint density at radius 1 is 1.04 bits per heavy atom. The monoisotopic (exact) mass is 358 g/mol. The van der Waals surface area contributed by atoms with E-state index in [1.807, 2.05) is 11.0 Å². The van der Waals surface area contributed by atoms with Crippen LogP contribution in [0.4, 0.5) is 0 Å². The van der Waals surface area contributed by atoms with Crippen LogP contribution in [0.1, 0.15) is 48.9 Å². The van der Waals surface area contributed by atoms with Crippen molar-refractivity contribution in [2.75, 3.05) is 19.7 Å². The standard InChI is InChI=1S/C20H26N2O4/c23-18(22-12-6-10-15-7-4-5-11-17(15)22)14-26-19(24)13-21-20(25)16-8-2-1-3-9-16/h1-3,8-9,15,17H,4-7,10-14H2,(H,21,25)/t15-,17+/m1/s1. The number of nitrogens with one attached hydrogen (secondary N) is 1. The van der Waals surface area contributed by atoms with Crippen LogP contribution in [0.15, 0.2) is 30.3 Å². The van der Waals surface area contributed by atoms with Crippen molar-refractivity contribution in [3.05, 3.63) is 35.9 Å². The summed E-state index contributed by atoms with van der Waals surface area (Å²) in [5.41, 5.74) is 0.480. The molecule has 2 fully saturated rings. The SMILES string of the molecule is O=C(CNC(=O)c1ccccc1)OCC(=O)N1CCC[C@H]2CCCC[C@@H]21. The smallest absolute Gasteiger partial charge is 0.325 e. The molecular weight excluding hydrogens is 332 g/mol. The molecular formula is C20H26N2O4. The maximum atomic E-state index is 12.5. The number of piperidine rings is 1. The molecule has 1 saturated carbocycles. The molecule has 26 heavy (non-hydrogen) atoms. The third-order valence-electron chi connectivity index (χ3n) is 5.35. The predicted octanol–water partition coefficient (Wildman–Crippen LogP) is 2.14. The lowest BCUT2D eigenvalue weighted by Crippen LogP contribution is -2.51. The third-order valence-corrected chi connectivity index (χ3v) is 5.35. The first-order valence-corrected chi connectivity index (χ1v) is 9.43. The van der Waals surface area contributed by atoms with Crippen molar-refractivity contribution in [3.8, 4) is 0 Å². The molecule has 1 aliphatic carbocycles. The summed E-state index contributed by atoms with van der Waals surface area (Å²) in [5, 5.41) is 2.51. The van der Waals surface area contributed by atoms with Gasteiger partial charge in [-0.3, -0.25) is 14.4 Å². The van der Waals surface area contributed by atoms with Crippen LogP contribution in [0.5, 0.6) is 0 Å². The summed E-state index contributed by atoms with van der Waals surface area (Å²) in [6, 6.07) is 8.96. The number of esters is 1. The van der Waals surface area contributed by atoms with Crippen molar-refractivity contribution in [1.29, 1.82) is 0 Å². The highest BCUT2D eigenvalue weighted by atomic mass is 16.5. The normalized spacial score (nSPS) is 22.2. The minimum atomic E-state index is -0.597. The van der Waals surface area contributed by atoms with Gasteiger partial charge in [0, 0.05) is 18.2 Å². The van der Waals surface area contributed by atoms with Gasteiger partial charge in [-0.25, -0.2) is 0 Å². The van der Waals surface area contributed by atoms with Gasteiger partial charge in [0.15, 0.2) is 6.61 Å². The summed E-state index contributed by atoms with van der Waals surface area (Å²) >= 11 is 0. The summed E-state index contributed by atoms with van der Waals surface area (Å²) in [7, 11) is 0. The Labute approximate surface area is 153 Å². The molecule has 1 aromatic carbocycles. The Balaban J connectivity index is 1.42. The zero-order valence-corrected chi connectivity index (χ0v) is 15.0. The summed E-state index contributed by atoms with van der Waals surface area (Å²) in [4.78, 5) is 38.1. The number of carbonyl (C=O) groups is 3. The van der Waals surface area contributed by atoms with Crippen molar-refractivity contribution < 1.29 is 19.1 Å². The second kappa shape index (κ2) is 8.83. The molecule has 2 amide bonds. The van der Waals surface area contributed by atoms with Crippen LogP contribution >= 0.6 is 0 Å². The second-order valence-corrected chi connectivity index (χ2v) is 7.05. The van der Waals surface area contributed by atoms with Crippen molar-refractivity contribution in [3.63, 3.8) is 0 Å². The van der Waals surface area contributed by atoms with Crippen molar-refractivity contribution in [2.45, 2.75) is 44.6 Å². The molecule has 3 rings (SSSR count). The van der Waals surface area contributed by atoms with E-state index in [1.54, 1.807) is 24.3 Å². The van der Waals surface area contributed by atoms with Gasteiger partial charge >= 0.3 is 5.97 Å². The molecule has 2 atom stereocenters. The molecule has 2 aliphatic rings. The Kier molecular flexibility index (Phi) is 6.26. The highest BCUT2D eigenvalue weighted by Gasteiger charge is 2.35. The number of fused-ring (bicyclic) bond motifs is 1. The predicted molar refractivity (Wildman–Crippen MR) is 96.4 cm³/mol. The molecule has 1 aliphatic heterocycles. The molecule has 0 radical (unpaired) electrons. The van der Waals surface area contributed by atoms with Crippen LogP contribution in [0.25, 0.3) is 0 Å². The lowest BCUT2D eigenvalue weighted by Gasteiger charge is -2.44. The number of rotatable bonds is 5. The highest BCUT2D eigenvalue weighted by molar-refractivity contribution is 5.96. The van der Waals surface area contributed by atoms with Crippen molar-refractivity contribution >= 4 is 17.8 Å². The molecule has 1 N–H and O–H groups in total. The van der Waals surface area contributed by atoms with Gasteiger partial charge in [0.1, 0.15) is 6.54 Å². The highest BCUT2D eigenvalue weighted by Crippen LogP contribution is 2.35. The fourth-order valence-corrected chi connectivity index (χ4v) is 4.05. The molecule has 0 bridgehead atoms. The van der Waals surface area contributed by atoms with Crippen LogP contribution in [-0.4, -0.2) is 48.4 Å². The van der Waals surface area contributed by atoms with Gasteiger partial charge in [-0.05, 0) is 43.7 Å². The summed E-state index contributed by atoms with van der Waals surface area (Å²) in [5.74, 6) is -0.457. The van der Waals surface area contributed by atoms with Gasteiger partial charge in [-0.15, -0.1) is 0 Å². The summed E-state index contributed by atoms with van der Waals surface area (Å²) < 4.78 is 5.08. The Morgan fingerprint density at radius 2 is 1.77 bits per heavy atom. The number of likely N-dealkylation sites (tertiary alicyclic amines) is 1. The number of hydrogen-bond acceptors (Lipinski definition) is 4. The number of amides is 2. The molecule has 1 saturated heterocycles. The van der Waals surface area contributed by atoms with Gasteiger partial charge in [-0.1, -0.05) is 31.0 Å². The van der Waals surface area contributed by atoms with E-state index in [4.69, 9.17) is 4.74 Å². The number of ether oxygens (including phenoxy) is 1. The average molecular weight is 358 g/mol. The van der Waals surface area contributed by atoms with E-state index in [1.165, 1.54) is 19.3 Å². The Bertz CT molecular complexity index is 644. The molecule has 0 spiro atoms. The van der Waals surface area contributed by atoms with Gasteiger partial charge in [-0.2, -0.15) is 0 Å². The van der Waals surface area contributed by atoms with E-state index in [9.17, 15) is 14.4 Å². The van der Waals surface area contributed by atoms with E-state index < -0.39 is 5.97 Å². The molecule has 0 unspecified atom stereocenters. The summed E-state index contributed by atoms with van der Waals surface area (Å²) in [6.07, 6.45) is 6.88. The van der Waals surface area contributed by atoms with Crippen LogP contribution in [0, 0.1) is 5.92 Å². The Hall–Kier alpha value is -2.37. The fourth-order valence-electron chi connectivity index (χ4n) is 4.05. The van der Waals surface area contributed by atoms with Gasteiger partial charge in [0.2, 0.25) is 0 Å². The molecule has 1 aromatic rings. The van der Waals surface area contributed by atoms with E-state index >= 15 is 0 Å². The minimum absolute atomic E-state index is 0.121. The molecule has 1 heterocycles. The fraction of sp³-hybridized carbons (Fsp3) is 0.550. The van der Waals surface area contributed by atoms with E-state index in [0.717, 1.165) is 25.8 Å². The first kappa shape index (κ1) is 18.4. The first-order valence-electron chi connectivity index (χ1n) is 9.43. The largest absolute Gasteiger partial charge is 0.454 e. The third kappa shape index (κ3) is 4.62. The van der Waals surface area contributed by atoms with Crippen LogP contribution in [0.3, 0.4) is 0 Å². The van der Waals surface area contributed by atoms with Gasteiger partial charge in [0.25, 0.3) is 11.8 Å². The van der Waals surface area contributed by atoms with Crippen LogP contribution in [-0.2, 0) is 14.3 Å². The Morgan fingerprint density at radius 3 is 2.58 bits per heavy atom. The van der Waals surface area contributed by atoms with Crippen LogP contribution in [0.2, 0.25) is 0 Å². The molecule has 140 valence electrons. The number of hydrogen-bond donors (Lipinski definition) is 1. The quantitative estimate of drug-likeness (QED) is 0.818. The molecule has 6 nitrogen and oxygen atoms in total. The number of carbonyl (C=O) groups excluding carboxylic acids is 3. The summed E-state index contributed by atoms with van der Waals surface area (Å²) in [6.45, 7) is 0.263. The second-order valence-electron chi connectivity index (χ2n) is 7.05. The zero-order valence-electron chi connectivity index (χ0n) is 15.0. The zero-order chi connectivity index (χ0) is 18.4. The van der Waals surface area contributed by atoms with E-state index in [2.05, 4.69) is 5.32 Å². The topological polar surface area (TPSA) is 75.7 Å². The molecule has 0 aromatic heterocycles. The lowest BCUT2D eigenvalue weighted by atomic mass is 9.78. The minimum Gasteiger partial charge on any atom is -0.454 e. The number of benzene rings is 1. The maximum absolute atomic E-state index is 12.5. The van der Waals surface area contributed by atoms with Gasteiger partial charge in [0.05, 0.1) is 0 Å². The maximum Gasteiger partial charge on any atom is 0.325 e.